The van der Waals surface area contributed by atoms with Gasteiger partial charge in [0.25, 0.3) is 0 Å². The van der Waals surface area contributed by atoms with Gasteiger partial charge >= 0.3 is 5.56 Å². The summed E-state index contributed by atoms with van der Waals surface area (Å²) in [7, 11) is 1.66. The quantitative estimate of drug-likeness (QED) is 0.373. The van der Waals surface area contributed by atoms with E-state index in [1.54, 1.807) is 17.7 Å². The number of rotatable bonds is 4. The van der Waals surface area contributed by atoms with Crippen LogP contribution in [-0.2, 0) is 13.0 Å². The van der Waals surface area contributed by atoms with Gasteiger partial charge in [0.15, 0.2) is 0 Å². The number of hydrogen-bond donors (Lipinski definition) is 0. The molecular formula is C28H20N4O3. The molecule has 0 saturated heterocycles. The van der Waals surface area contributed by atoms with Gasteiger partial charge < -0.3 is 9.40 Å². The van der Waals surface area contributed by atoms with E-state index in [9.17, 15) is 9.59 Å². The number of hydrogen-bond acceptors (Lipinski definition) is 4. The Morgan fingerprint density at radius 3 is 2.60 bits per heavy atom. The molecule has 5 aromatic rings. The third-order valence-electron chi connectivity index (χ3n) is 7.01. The average molecular weight is 460 g/mol. The van der Waals surface area contributed by atoms with Crippen molar-refractivity contribution in [2.45, 2.75) is 13.0 Å². The molecule has 5 heterocycles. The summed E-state index contributed by atoms with van der Waals surface area (Å²) in [4.78, 5) is 35.5. The first-order valence-corrected chi connectivity index (χ1v) is 11.5. The highest BCUT2D eigenvalue weighted by Crippen LogP contribution is 2.35. The SMILES string of the molecule is COn1c2cnccc2c2cccc(CCn3ccc4c5n(c(=O)c(=O)cc3-5)c3ccccc43)c21. The van der Waals surface area contributed by atoms with Crippen LogP contribution in [0, 0.1) is 0 Å². The Labute approximate surface area is 198 Å². The normalized spacial score (nSPS) is 12.0. The molecule has 3 aromatic heterocycles. The second kappa shape index (κ2) is 7.17. The minimum Gasteiger partial charge on any atom is -0.416 e. The largest absolute Gasteiger partial charge is 0.416 e. The molecule has 0 radical (unpaired) electrons. The Morgan fingerprint density at radius 1 is 0.886 bits per heavy atom. The zero-order valence-electron chi connectivity index (χ0n) is 18.9. The maximum atomic E-state index is 12.8. The van der Waals surface area contributed by atoms with Crippen molar-refractivity contribution < 1.29 is 4.84 Å². The van der Waals surface area contributed by atoms with E-state index in [2.05, 4.69) is 27.8 Å². The molecule has 2 aromatic carbocycles. The van der Waals surface area contributed by atoms with Gasteiger partial charge in [0.05, 0.1) is 28.6 Å². The third-order valence-corrected chi connectivity index (χ3v) is 7.01. The van der Waals surface area contributed by atoms with E-state index in [1.165, 1.54) is 6.07 Å². The van der Waals surface area contributed by atoms with Crippen molar-refractivity contribution in [1.29, 1.82) is 0 Å². The Kier molecular flexibility index (Phi) is 4.05. The Balaban J connectivity index is 1.40. The number of aryl methyl sites for hydroxylation is 2. The lowest BCUT2D eigenvalue weighted by Gasteiger charge is -2.17. The van der Waals surface area contributed by atoms with Crippen LogP contribution in [0.5, 0.6) is 0 Å². The summed E-state index contributed by atoms with van der Waals surface area (Å²) < 4.78 is 5.45. The van der Waals surface area contributed by atoms with Crippen LogP contribution in [-0.4, -0.2) is 25.8 Å². The van der Waals surface area contributed by atoms with E-state index in [1.807, 2.05) is 53.5 Å². The van der Waals surface area contributed by atoms with Crippen molar-refractivity contribution in [1.82, 2.24) is 18.7 Å². The Bertz CT molecular complexity index is 2000. The molecule has 7 nitrogen and oxygen atoms in total. The molecule has 0 atom stereocenters. The molecule has 0 aliphatic carbocycles. The van der Waals surface area contributed by atoms with E-state index < -0.39 is 11.0 Å². The van der Waals surface area contributed by atoms with Gasteiger partial charge in [-0.2, -0.15) is 4.73 Å². The fourth-order valence-corrected chi connectivity index (χ4v) is 5.50. The van der Waals surface area contributed by atoms with E-state index in [0.29, 0.717) is 13.0 Å². The van der Waals surface area contributed by atoms with E-state index >= 15 is 0 Å². The van der Waals surface area contributed by atoms with Gasteiger partial charge in [-0.25, -0.2) is 0 Å². The molecule has 0 amide bonds. The lowest BCUT2D eigenvalue weighted by atomic mass is 10.1. The first-order valence-electron chi connectivity index (χ1n) is 11.5. The summed E-state index contributed by atoms with van der Waals surface area (Å²) >= 11 is 0. The Morgan fingerprint density at radius 2 is 1.71 bits per heavy atom. The van der Waals surface area contributed by atoms with Gasteiger partial charge in [0.2, 0.25) is 5.43 Å². The second-order valence-electron chi connectivity index (χ2n) is 8.76. The highest BCUT2D eigenvalue weighted by atomic mass is 16.6. The van der Waals surface area contributed by atoms with E-state index in [-0.39, 0.29) is 0 Å². The highest BCUT2D eigenvalue weighted by molar-refractivity contribution is 6.08. The van der Waals surface area contributed by atoms with Crippen molar-refractivity contribution in [3.05, 3.63) is 105 Å². The molecule has 2 aliphatic rings. The lowest BCUT2D eigenvalue weighted by Crippen LogP contribution is -2.31. The molecule has 0 bridgehead atoms. The van der Waals surface area contributed by atoms with Gasteiger partial charge in [0, 0.05) is 46.5 Å². The first-order chi connectivity index (χ1) is 17.2. The molecule has 35 heavy (non-hydrogen) atoms. The molecule has 0 saturated carbocycles. The minimum atomic E-state index is -0.510. The van der Waals surface area contributed by atoms with Gasteiger partial charge in [-0.1, -0.05) is 36.4 Å². The molecule has 0 unspecified atom stereocenters. The van der Waals surface area contributed by atoms with Crippen LogP contribution in [0.4, 0.5) is 0 Å². The first kappa shape index (κ1) is 19.8. The van der Waals surface area contributed by atoms with Crippen molar-refractivity contribution in [3.63, 3.8) is 0 Å². The average Bonchev–Trinajstić information content (AvgIpc) is 3.41. The van der Waals surface area contributed by atoms with Gasteiger partial charge in [-0.15, -0.1) is 0 Å². The van der Waals surface area contributed by atoms with Crippen LogP contribution in [0.15, 0.2) is 88.8 Å². The van der Waals surface area contributed by atoms with E-state index in [4.69, 9.17) is 4.84 Å². The van der Waals surface area contributed by atoms with Crippen LogP contribution in [0.2, 0.25) is 0 Å². The van der Waals surface area contributed by atoms with E-state index in [0.717, 1.165) is 55.0 Å². The number of benzene rings is 2. The second-order valence-corrected chi connectivity index (χ2v) is 8.76. The number of fused-ring (bicyclic) bond motifs is 6. The number of nitrogens with zero attached hydrogens (tertiary/aromatic N) is 4. The minimum absolute atomic E-state index is 0.505. The summed E-state index contributed by atoms with van der Waals surface area (Å²) in [6, 6.07) is 19.5. The molecule has 7 rings (SSSR count). The fraction of sp³-hybridized carbons (Fsp3) is 0.107. The van der Waals surface area contributed by atoms with Crippen LogP contribution >= 0.6 is 0 Å². The van der Waals surface area contributed by atoms with Crippen molar-refractivity contribution >= 4 is 38.1 Å². The highest BCUT2D eigenvalue weighted by Gasteiger charge is 2.22. The zero-order valence-corrected chi connectivity index (χ0v) is 18.9. The molecule has 170 valence electrons. The molecule has 0 spiro atoms. The topological polar surface area (TPSA) is 70.5 Å². The molecular weight excluding hydrogens is 440 g/mol. The van der Waals surface area contributed by atoms with Gasteiger partial charge in [0.1, 0.15) is 12.6 Å². The Hall–Kier alpha value is -4.65. The maximum absolute atomic E-state index is 12.8. The lowest BCUT2D eigenvalue weighted by molar-refractivity contribution is 0.190. The van der Waals surface area contributed by atoms with Crippen molar-refractivity contribution in [3.8, 4) is 11.4 Å². The number of pyridine rings is 3. The maximum Gasteiger partial charge on any atom is 0.303 e. The standard InChI is InChI=1S/C28H20N4O3/c1-35-32-24-16-29-12-9-19(24)20-7-4-5-17(26(20)32)10-13-30-14-11-21-18-6-2-3-8-22(18)31-27(21)23(30)15-25(33)28(31)34/h2-9,11-12,14-16H,10,13H2,1H3. The van der Waals surface area contributed by atoms with Crippen molar-refractivity contribution in [2.75, 3.05) is 7.11 Å². The summed E-state index contributed by atoms with van der Waals surface area (Å²) in [5.74, 6) is 0. The predicted molar refractivity (Wildman–Crippen MR) is 137 cm³/mol. The van der Waals surface area contributed by atoms with Gasteiger partial charge in [-0.05, 0) is 30.2 Å². The van der Waals surface area contributed by atoms with Crippen LogP contribution in [0.25, 0.3) is 49.5 Å². The summed E-state index contributed by atoms with van der Waals surface area (Å²) in [5, 5.41) is 4.13. The van der Waals surface area contributed by atoms with Crippen LogP contribution in [0.3, 0.4) is 0 Å². The molecule has 7 heteroatoms. The number of para-hydroxylation sites is 2. The summed E-state index contributed by atoms with van der Waals surface area (Å²) in [5.41, 5.74) is 4.34. The van der Waals surface area contributed by atoms with Gasteiger partial charge in [-0.3, -0.25) is 19.0 Å². The third kappa shape index (κ3) is 2.63. The smallest absolute Gasteiger partial charge is 0.303 e. The number of aromatic nitrogens is 4. The summed E-state index contributed by atoms with van der Waals surface area (Å²) in [6.45, 7) is 0.632. The fourth-order valence-electron chi connectivity index (χ4n) is 5.50. The molecule has 0 N–H and O–H groups in total. The van der Waals surface area contributed by atoms with Crippen LogP contribution in [0.1, 0.15) is 5.56 Å². The molecule has 0 fully saturated rings. The monoisotopic (exact) mass is 460 g/mol. The zero-order chi connectivity index (χ0) is 23.7. The van der Waals surface area contributed by atoms with Crippen LogP contribution < -0.4 is 15.8 Å². The summed E-state index contributed by atoms with van der Waals surface area (Å²) in [6.07, 6.45) is 6.32. The van der Waals surface area contributed by atoms with Crippen molar-refractivity contribution in [2.24, 2.45) is 0 Å². The molecule has 2 aliphatic heterocycles. The predicted octanol–water partition coefficient (Wildman–Crippen LogP) is 3.96.